The molecule has 0 unspecified atom stereocenters. The molecule has 0 fully saturated rings. The second-order valence-corrected chi connectivity index (χ2v) is 5.40. The number of anilines is 1. The van der Waals surface area contributed by atoms with Gasteiger partial charge in [0.2, 0.25) is 0 Å². The average Bonchev–Trinajstić information content (AvgIpc) is 2.36. The molecule has 2 nitrogen and oxygen atoms in total. The Hall–Kier alpha value is -1.46. The molecule has 0 amide bonds. The maximum atomic E-state index is 13.7. The van der Waals surface area contributed by atoms with Crippen LogP contribution >= 0.6 is 28.1 Å². The van der Waals surface area contributed by atoms with Gasteiger partial charge < -0.3 is 11.1 Å². The summed E-state index contributed by atoms with van der Waals surface area (Å²) >= 11 is 8.17. The topological polar surface area (TPSA) is 38.0 Å². The van der Waals surface area contributed by atoms with Gasteiger partial charge in [-0.05, 0) is 35.9 Å². The van der Waals surface area contributed by atoms with Gasteiger partial charge in [0.1, 0.15) is 10.8 Å². The highest BCUT2D eigenvalue weighted by molar-refractivity contribution is 9.10. The van der Waals surface area contributed by atoms with Crippen LogP contribution in [0, 0.1) is 5.82 Å². The summed E-state index contributed by atoms with van der Waals surface area (Å²) in [4.78, 5) is 0.0658. The van der Waals surface area contributed by atoms with Crippen molar-refractivity contribution in [1.82, 2.24) is 0 Å². The van der Waals surface area contributed by atoms with Crippen LogP contribution in [0.25, 0.3) is 0 Å². The fraction of sp³-hybridized carbons (Fsp3) is 0.0714. The third-order valence-corrected chi connectivity index (χ3v) is 3.33. The molecule has 19 heavy (non-hydrogen) atoms. The quantitative estimate of drug-likeness (QED) is 0.832. The SMILES string of the molecule is NC(=S)c1ccc(NCc2cccc(Br)c2)cc1F. The zero-order valence-electron chi connectivity index (χ0n) is 9.99. The van der Waals surface area contributed by atoms with E-state index in [4.69, 9.17) is 18.0 Å². The van der Waals surface area contributed by atoms with Crippen molar-refractivity contribution in [3.63, 3.8) is 0 Å². The maximum Gasteiger partial charge on any atom is 0.135 e. The van der Waals surface area contributed by atoms with Gasteiger partial charge >= 0.3 is 0 Å². The summed E-state index contributed by atoms with van der Waals surface area (Å²) in [6.45, 7) is 0.616. The van der Waals surface area contributed by atoms with E-state index in [9.17, 15) is 4.39 Å². The molecule has 0 aliphatic rings. The molecular formula is C14H12BrFN2S. The van der Waals surface area contributed by atoms with Gasteiger partial charge in [-0.15, -0.1) is 0 Å². The van der Waals surface area contributed by atoms with Crippen molar-refractivity contribution in [3.8, 4) is 0 Å². The summed E-state index contributed by atoms with van der Waals surface area (Å²) in [6.07, 6.45) is 0. The number of hydrogen-bond donors (Lipinski definition) is 2. The normalized spacial score (nSPS) is 10.2. The van der Waals surface area contributed by atoms with Gasteiger partial charge in [-0.2, -0.15) is 0 Å². The van der Waals surface area contributed by atoms with E-state index in [1.165, 1.54) is 6.07 Å². The fourth-order valence-corrected chi connectivity index (χ4v) is 2.29. The molecule has 3 N–H and O–H groups in total. The fourth-order valence-electron chi connectivity index (χ4n) is 1.68. The Morgan fingerprint density at radius 2 is 2.05 bits per heavy atom. The second kappa shape index (κ2) is 6.12. The van der Waals surface area contributed by atoms with Crippen LogP contribution in [-0.2, 0) is 6.54 Å². The lowest BCUT2D eigenvalue weighted by Gasteiger charge is -2.08. The first-order valence-electron chi connectivity index (χ1n) is 5.64. The lowest BCUT2D eigenvalue weighted by Crippen LogP contribution is -2.12. The van der Waals surface area contributed by atoms with Crippen molar-refractivity contribution in [2.45, 2.75) is 6.54 Å². The first-order valence-corrected chi connectivity index (χ1v) is 6.84. The first kappa shape index (κ1) is 14.0. The van der Waals surface area contributed by atoms with E-state index < -0.39 is 5.82 Å². The molecular weight excluding hydrogens is 327 g/mol. The van der Waals surface area contributed by atoms with E-state index in [-0.39, 0.29) is 10.6 Å². The Labute approximate surface area is 124 Å². The molecule has 0 heterocycles. The number of halogens is 2. The van der Waals surface area contributed by atoms with Gasteiger partial charge in [0.15, 0.2) is 0 Å². The summed E-state index contributed by atoms with van der Waals surface area (Å²) in [7, 11) is 0. The summed E-state index contributed by atoms with van der Waals surface area (Å²) in [5, 5.41) is 3.15. The van der Waals surface area contributed by atoms with Crippen LogP contribution in [0.2, 0.25) is 0 Å². The highest BCUT2D eigenvalue weighted by Crippen LogP contribution is 2.17. The number of nitrogens with two attached hydrogens (primary N) is 1. The molecule has 0 aliphatic heterocycles. The standard InChI is InChI=1S/C14H12BrFN2S/c15-10-3-1-2-9(6-10)8-18-11-4-5-12(14(17)19)13(16)7-11/h1-7,18H,8H2,(H2,17,19). The van der Waals surface area contributed by atoms with Crippen molar-refractivity contribution >= 4 is 38.8 Å². The van der Waals surface area contributed by atoms with Crippen LogP contribution in [0.4, 0.5) is 10.1 Å². The number of rotatable bonds is 4. The third-order valence-electron chi connectivity index (χ3n) is 2.62. The Morgan fingerprint density at radius 3 is 2.68 bits per heavy atom. The number of thiocarbonyl (C=S) groups is 1. The van der Waals surface area contributed by atoms with Crippen molar-refractivity contribution in [2.24, 2.45) is 5.73 Å². The summed E-state index contributed by atoms with van der Waals surface area (Å²) < 4.78 is 14.7. The van der Waals surface area contributed by atoms with Crippen LogP contribution in [0.15, 0.2) is 46.9 Å². The molecule has 0 aliphatic carbocycles. The second-order valence-electron chi connectivity index (χ2n) is 4.04. The van der Waals surface area contributed by atoms with Gasteiger partial charge in [-0.1, -0.05) is 40.3 Å². The van der Waals surface area contributed by atoms with E-state index in [2.05, 4.69) is 21.2 Å². The highest BCUT2D eigenvalue weighted by Gasteiger charge is 2.05. The van der Waals surface area contributed by atoms with E-state index in [0.29, 0.717) is 12.2 Å². The molecule has 0 saturated carbocycles. The van der Waals surface area contributed by atoms with Crippen LogP contribution < -0.4 is 11.1 Å². The molecule has 2 rings (SSSR count). The van der Waals surface area contributed by atoms with E-state index in [1.807, 2.05) is 24.3 Å². The molecule has 0 bridgehead atoms. The van der Waals surface area contributed by atoms with Crippen LogP contribution in [0.1, 0.15) is 11.1 Å². The summed E-state index contributed by atoms with van der Waals surface area (Å²) in [5.41, 5.74) is 7.48. The smallest absolute Gasteiger partial charge is 0.135 e. The molecule has 5 heteroatoms. The largest absolute Gasteiger partial charge is 0.389 e. The summed E-state index contributed by atoms with van der Waals surface area (Å²) in [5.74, 6) is -0.410. The van der Waals surface area contributed by atoms with Gasteiger partial charge in [-0.25, -0.2) is 4.39 Å². The molecule has 98 valence electrons. The monoisotopic (exact) mass is 338 g/mol. The Bertz CT molecular complexity index is 616. The number of nitrogens with one attached hydrogen (secondary N) is 1. The molecule has 2 aromatic rings. The van der Waals surface area contributed by atoms with Crippen LogP contribution in [0.5, 0.6) is 0 Å². The predicted octanol–water partition coefficient (Wildman–Crippen LogP) is 3.83. The first-order chi connectivity index (χ1) is 9.06. The molecule has 2 aromatic carbocycles. The predicted molar refractivity (Wildman–Crippen MR) is 83.8 cm³/mol. The van der Waals surface area contributed by atoms with Crippen molar-refractivity contribution in [3.05, 3.63) is 63.9 Å². The number of hydrogen-bond acceptors (Lipinski definition) is 2. The average molecular weight is 339 g/mol. The van der Waals surface area contributed by atoms with E-state index in [0.717, 1.165) is 10.0 Å². The zero-order chi connectivity index (χ0) is 13.8. The lowest BCUT2D eigenvalue weighted by atomic mass is 10.2. The highest BCUT2D eigenvalue weighted by atomic mass is 79.9. The molecule has 0 aromatic heterocycles. The lowest BCUT2D eigenvalue weighted by molar-refractivity contribution is 0.626. The van der Waals surface area contributed by atoms with Crippen molar-refractivity contribution in [1.29, 1.82) is 0 Å². The van der Waals surface area contributed by atoms with Gasteiger partial charge in [0, 0.05) is 22.3 Å². The third kappa shape index (κ3) is 3.75. The molecule has 0 spiro atoms. The van der Waals surface area contributed by atoms with Crippen molar-refractivity contribution < 1.29 is 4.39 Å². The Kier molecular flexibility index (Phi) is 4.50. The zero-order valence-corrected chi connectivity index (χ0v) is 12.4. The van der Waals surface area contributed by atoms with E-state index >= 15 is 0 Å². The van der Waals surface area contributed by atoms with Gasteiger partial charge in [0.05, 0.1) is 0 Å². The summed E-state index contributed by atoms with van der Waals surface area (Å²) in [6, 6.07) is 12.7. The van der Waals surface area contributed by atoms with Crippen LogP contribution in [0.3, 0.4) is 0 Å². The number of benzene rings is 2. The molecule has 0 atom stereocenters. The molecule has 0 radical (unpaired) electrons. The van der Waals surface area contributed by atoms with Gasteiger partial charge in [0.25, 0.3) is 0 Å². The minimum absolute atomic E-state index is 0.0658. The van der Waals surface area contributed by atoms with Crippen LogP contribution in [-0.4, -0.2) is 4.99 Å². The maximum absolute atomic E-state index is 13.7. The Morgan fingerprint density at radius 1 is 1.26 bits per heavy atom. The Balaban J connectivity index is 2.08. The minimum Gasteiger partial charge on any atom is -0.389 e. The molecule has 0 saturated heterocycles. The van der Waals surface area contributed by atoms with Gasteiger partial charge in [-0.3, -0.25) is 0 Å². The minimum atomic E-state index is -0.410. The van der Waals surface area contributed by atoms with E-state index in [1.54, 1.807) is 12.1 Å². The van der Waals surface area contributed by atoms with Crippen molar-refractivity contribution in [2.75, 3.05) is 5.32 Å².